The largest absolute Gasteiger partial charge is 0.497 e. The van der Waals surface area contributed by atoms with Gasteiger partial charge in [0.2, 0.25) is 11.8 Å². The van der Waals surface area contributed by atoms with Crippen molar-refractivity contribution in [2.24, 2.45) is 0 Å². The van der Waals surface area contributed by atoms with Crippen LogP contribution in [0.3, 0.4) is 0 Å². The lowest BCUT2D eigenvalue weighted by molar-refractivity contribution is -0.139. The number of ether oxygens (including phenoxy) is 1. The van der Waals surface area contributed by atoms with Gasteiger partial charge in [0.15, 0.2) is 0 Å². The van der Waals surface area contributed by atoms with E-state index in [0.717, 1.165) is 59.7 Å². The zero-order chi connectivity index (χ0) is 30.3. The first-order chi connectivity index (χ1) is 20.1. The van der Waals surface area contributed by atoms with Gasteiger partial charge in [0.05, 0.1) is 17.7 Å². The molecule has 42 heavy (non-hydrogen) atoms. The van der Waals surface area contributed by atoms with Gasteiger partial charge in [0.25, 0.3) is 10.0 Å². The van der Waals surface area contributed by atoms with Gasteiger partial charge in [0, 0.05) is 12.6 Å². The number of carbonyl (C=O) groups excluding carboxylic acids is 2. The van der Waals surface area contributed by atoms with E-state index in [-0.39, 0.29) is 29.1 Å². The molecule has 224 valence electrons. The smallest absolute Gasteiger partial charge is 0.264 e. The number of methoxy groups -OCH3 is 1. The molecule has 4 rings (SSSR count). The minimum atomic E-state index is -4.26. The van der Waals surface area contributed by atoms with Crippen LogP contribution in [-0.2, 0) is 26.2 Å². The standard InChI is InChI=1S/C32H38FN3O5S/c1-23-9-11-25(12-10-23)21-35(24(2)32(38)34-27-7-5-4-6-8-27)31(37)22-36(28-15-13-26(33)14-16-28)42(39,40)30-19-17-29(41-3)18-20-30/h9-20,24,27H,4-8,21-22H2,1-3H3,(H,34,38)/t24-/m1/s1. The quantitative estimate of drug-likeness (QED) is 0.329. The highest BCUT2D eigenvalue weighted by Gasteiger charge is 2.33. The molecule has 0 saturated heterocycles. The summed E-state index contributed by atoms with van der Waals surface area (Å²) in [7, 11) is -2.79. The second kappa shape index (κ2) is 13.8. The van der Waals surface area contributed by atoms with Crippen molar-refractivity contribution in [1.82, 2.24) is 10.2 Å². The van der Waals surface area contributed by atoms with Gasteiger partial charge in [-0.25, -0.2) is 12.8 Å². The number of amides is 2. The lowest BCUT2D eigenvalue weighted by Crippen LogP contribution is -2.53. The number of carbonyl (C=O) groups is 2. The number of rotatable bonds is 11. The molecule has 1 aliphatic rings. The van der Waals surface area contributed by atoms with E-state index in [1.54, 1.807) is 6.92 Å². The Morgan fingerprint density at radius 2 is 1.57 bits per heavy atom. The summed E-state index contributed by atoms with van der Waals surface area (Å²) < 4.78 is 47.7. The Hall–Kier alpha value is -3.92. The van der Waals surface area contributed by atoms with Crippen molar-refractivity contribution in [2.75, 3.05) is 18.0 Å². The topological polar surface area (TPSA) is 96.0 Å². The van der Waals surface area contributed by atoms with Gasteiger partial charge in [-0.3, -0.25) is 13.9 Å². The fourth-order valence-electron chi connectivity index (χ4n) is 5.05. The van der Waals surface area contributed by atoms with Crippen LogP contribution in [0.15, 0.2) is 77.7 Å². The van der Waals surface area contributed by atoms with Crippen LogP contribution in [-0.4, -0.2) is 50.9 Å². The molecular weight excluding hydrogens is 557 g/mol. The van der Waals surface area contributed by atoms with E-state index >= 15 is 0 Å². The maximum absolute atomic E-state index is 14.0. The maximum atomic E-state index is 14.0. The van der Waals surface area contributed by atoms with Gasteiger partial charge in [-0.1, -0.05) is 49.1 Å². The fraction of sp³-hybridized carbons (Fsp3) is 0.375. The number of hydrogen-bond acceptors (Lipinski definition) is 5. The lowest BCUT2D eigenvalue weighted by atomic mass is 9.95. The summed E-state index contributed by atoms with van der Waals surface area (Å²) in [5, 5.41) is 3.09. The molecule has 0 heterocycles. The molecular formula is C32H38FN3O5S. The van der Waals surface area contributed by atoms with Crippen LogP contribution in [0, 0.1) is 12.7 Å². The third-order valence-electron chi connectivity index (χ3n) is 7.63. The summed E-state index contributed by atoms with van der Waals surface area (Å²) in [4.78, 5) is 28.8. The highest BCUT2D eigenvalue weighted by atomic mass is 32.2. The number of sulfonamides is 1. The van der Waals surface area contributed by atoms with Crippen LogP contribution in [0.25, 0.3) is 0 Å². The number of nitrogens with zero attached hydrogens (tertiary/aromatic N) is 2. The van der Waals surface area contributed by atoms with Gasteiger partial charge in [-0.15, -0.1) is 0 Å². The molecule has 3 aromatic carbocycles. The van der Waals surface area contributed by atoms with Crippen molar-refractivity contribution >= 4 is 27.5 Å². The highest BCUT2D eigenvalue weighted by Crippen LogP contribution is 2.26. The van der Waals surface area contributed by atoms with E-state index in [4.69, 9.17) is 4.74 Å². The molecule has 1 fully saturated rings. The van der Waals surface area contributed by atoms with Crippen LogP contribution in [0.2, 0.25) is 0 Å². The first-order valence-electron chi connectivity index (χ1n) is 14.2. The molecule has 0 bridgehead atoms. The first-order valence-corrected chi connectivity index (χ1v) is 15.6. The summed E-state index contributed by atoms with van der Waals surface area (Å²) in [6.07, 6.45) is 5.01. The molecule has 0 unspecified atom stereocenters. The minimum absolute atomic E-state index is 0.0520. The summed E-state index contributed by atoms with van der Waals surface area (Å²) in [5.41, 5.74) is 1.97. The molecule has 0 aromatic heterocycles. The van der Waals surface area contributed by atoms with Crippen LogP contribution >= 0.6 is 0 Å². The predicted octanol–water partition coefficient (Wildman–Crippen LogP) is 5.20. The Balaban J connectivity index is 1.66. The van der Waals surface area contributed by atoms with E-state index in [2.05, 4.69) is 5.32 Å². The lowest BCUT2D eigenvalue weighted by Gasteiger charge is -2.33. The normalized spacial score (nSPS) is 14.6. The minimum Gasteiger partial charge on any atom is -0.497 e. The fourth-order valence-corrected chi connectivity index (χ4v) is 6.47. The van der Waals surface area contributed by atoms with Crippen LogP contribution in [0.1, 0.15) is 50.2 Å². The molecule has 2 amide bonds. The second-order valence-corrected chi connectivity index (χ2v) is 12.6. The number of hydrogen-bond donors (Lipinski definition) is 1. The van der Waals surface area contributed by atoms with Gasteiger partial charge < -0.3 is 15.0 Å². The highest BCUT2D eigenvalue weighted by molar-refractivity contribution is 7.92. The number of anilines is 1. The average molecular weight is 596 g/mol. The van der Waals surface area contributed by atoms with E-state index in [0.29, 0.717) is 5.75 Å². The SMILES string of the molecule is COc1ccc(S(=O)(=O)N(CC(=O)N(Cc2ccc(C)cc2)[C@H](C)C(=O)NC2CCCCC2)c2ccc(F)cc2)cc1. The first kappa shape index (κ1) is 31.0. The molecule has 0 spiro atoms. The zero-order valence-electron chi connectivity index (χ0n) is 24.3. The van der Waals surface area contributed by atoms with Gasteiger partial charge >= 0.3 is 0 Å². The Morgan fingerprint density at radius 3 is 2.17 bits per heavy atom. The third kappa shape index (κ3) is 7.67. The average Bonchev–Trinajstić information content (AvgIpc) is 3.00. The third-order valence-corrected chi connectivity index (χ3v) is 9.42. The predicted molar refractivity (Wildman–Crippen MR) is 160 cm³/mol. The summed E-state index contributed by atoms with van der Waals surface area (Å²) in [6.45, 7) is 3.13. The van der Waals surface area contributed by atoms with Gasteiger partial charge in [-0.2, -0.15) is 0 Å². The van der Waals surface area contributed by atoms with Crippen LogP contribution < -0.4 is 14.4 Å². The molecule has 1 saturated carbocycles. The van der Waals surface area contributed by atoms with E-state index in [9.17, 15) is 22.4 Å². The summed E-state index contributed by atoms with van der Waals surface area (Å²) in [5.74, 6) is -0.918. The summed E-state index contributed by atoms with van der Waals surface area (Å²) >= 11 is 0. The number of benzene rings is 3. The van der Waals surface area contributed by atoms with Gasteiger partial charge in [-0.05, 0) is 80.8 Å². The molecule has 8 nitrogen and oxygen atoms in total. The molecule has 3 aromatic rings. The van der Waals surface area contributed by atoms with Crippen molar-refractivity contribution in [1.29, 1.82) is 0 Å². The van der Waals surface area contributed by atoms with Crippen molar-refractivity contribution < 1.29 is 27.1 Å². The van der Waals surface area contributed by atoms with Crippen molar-refractivity contribution in [2.45, 2.75) is 69.5 Å². The Kier molecular flexibility index (Phi) is 10.2. The van der Waals surface area contributed by atoms with Crippen LogP contribution in [0.5, 0.6) is 5.75 Å². The molecule has 1 aliphatic carbocycles. The van der Waals surface area contributed by atoms with Crippen molar-refractivity contribution in [3.8, 4) is 5.75 Å². The monoisotopic (exact) mass is 595 g/mol. The van der Waals surface area contributed by atoms with E-state index < -0.39 is 34.3 Å². The Bertz CT molecular complexity index is 1460. The zero-order valence-corrected chi connectivity index (χ0v) is 25.1. The molecule has 1 atom stereocenters. The molecule has 0 aliphatic heterocycles. The van der Waals surface area contributed by atoms with Crippen molar-refractivity contribution in [3.05, 3.63) is 89.7 Å². The molecule has 10 heteroatoms. The van der Waals surface area contributed by atoms with E-state index in [1.807, 2.05) is 31.2 Å². The molecule has 0 radical (unpaired) electrons. The molecule has 1 N–H and O–H groups in total. The Morgan fingerprint density at radius 1 is 0.952 bits per heavy atom. The maximum Gasteiger partial charge on any atom is 0.264 e. The Labute approximate surface area is 247 Å². The number of halogens is 1. The summed E-state index contributed by atoms with van der Waals surface area (Å²) in [6, 6.07) is 17.5. The number of aryl methyl sites for hydroxylation is 1. The van der Waals surface area contributed by atoms with E-state index in [1.165, 1.54) is 48.4 Å². The van der Waals surface area contributed by atoms with Crippen molar-refractivity contribution in [3.63, 3.8) is 0 Å². The van der Waals surface area contributed by atoms with Crippen LogP contribution in [0.4, 0.5) is 10.1 Å². The number of nitrogens with one attached hydrogen (secondary N) is 1. The second-order valence-electron chi connectivity index (χ2n) is 10.7. The van der Waals surface area contributed by atoms with Gasteiger partial charge in [0.1, 0.15) is 24.2 Å².